The van der Waals surface area contributed by atoms with Crippen LogP contribution in [0.25, 0.3) is 0 Å². The van der Waals surface area contributed by atoms with Crippen LogP contribution in [0.3, 0.4) is 0 Å². The summed E-state index contributed by atoms with van der Waals surface area (Å²) in [6.07, 6.45) is 2.11. The van der Waals surface area contributed by atoms with Gasteiger partial charge in [-0.15, -0.1) is 0 Å². The predicted octanol–water partition coefficient (Wildman–Crippen LogP) is 4.88. The number of anilines is 1. The summed E-state index contributed by atoms with van der Waals surface area (Å²) >= 11 is 0. The first-order valence-electron chi connectivity index (χ1n) is 12.8. The molecule has 0 aliphatic carbocycles. The Morgan fingerprint density at radius 2 is 1.51 bits per heavy atom. The van der Waals surface area contributed by atoms with Crippen molar-refractivity contribution in [3.63, 3.8) is 0 Å². The average Bonchev–Trinajstić information content (AvgIpc) is 2.75. The first kappa shape index (κ1) is 30.4. The summed E-state index contributed by atoms with van der Waals surface area (Å²) in [5.41, 5.74) is 4.17. The minimum absolute atomic E-state index is 0.127. The number of sulfonamides is 1. The van der Waals surface area contributed by atoms with Gasteiger partial charge in [0.2, 0.25) is 21.8 Å². The van der Waals surface area contributed by atoms with E-state index < -0.39 is 21.6 Å². The lowest BCUT2D eigenvalue weighted by Gasteiger charge is -2.33. The van der Waals surface area contributed by atoms with Crippen molar-refractivity contribution < 1.29 is 18.0 Å². The number of nitrogens with zero attached hydrogens (tertiary/aromatic N) is 2. The van der Waals surface area contributed by atoms with E-state index in [-0.39, 0.29) is 24.8 Å². The van der Waals surface area contributed by atoms with Crippen molar-refractivity contribution in [3.05, 3.63) is 64.7 Å². The van der Waals surface area contributed by atoms with E-state index >= 15 is 0 Å². The Kier molecular flexibility index (Phi) is 10.3. The standard InChI is InChI=1S/C29H43N3O4S/c1-9-26(28(34)30-29(5,6)7)31(20-24-14-12-21(2)13-15-24)27(33)11-10-16-32(37(8,35)36)25-18-22(3)17-23(4)19-25/h12-15,17-19,26H,9-11,16,20H2,1-8H3,(H,30,34)/t26-/m0/s1. The van der Waals surface area contributed by atoms with Crippen LogP contribution in [-0.2, 0) is 26.2 Å². The zero-order valence-corrected chi connectivity index (χ0v) is 24.4. The predicted molar refractivity (Wildman–Crippen MR) is 151 cm³/mol. The fourth-order valence-corrected chi connectivity index (χ4v) is 5.31. The van der Waals surface area contributed by atoms with Crippen LogP contribution in [0.15, 0.2) is 42.5 Å². The number of carbonyl (C=O) groups is 2. The van der Waals surface area contributed by atoms with Crippen molar-refractivity contribution in [2.45, 2.75) is 85.9 Å². The van der Waals surface area contributed by atoms with Crippen molar-refractivity contribution in [1.29, 1.82) is 0 Å². The van der Waals surface area contributed by atoms with E-state index in [2.05, 4.69) is 5.32 Å². The van der Waals surface area contributed by atoms with Gasteiger partial charge < -0.3 is 10.2 Å². The minimum Gasteiger partial charge on any atom is -0.350 e. The maximum atomic E-state index is 13.5. The summed E-state index contributed by atoms with van der Waals surface area (Å²) in [5.74, 6) is -0.367. The van der Waals surface area contributed by atoms with Crippen molar-refractivity contribution in [2.75, 3.05) is 17.1 Å². The maximum Gasteiger partial charge on any atom is 0.243 e. The normalized spacial score (nSPS) is 12.6. The summed E-state index contributed by atoms with van der Waals surface area (Å²) in [6.45, 7) is 14.0. The first-order chi connectivity index (χ1) is 17.1. The molecule has 2 rings (SSSR count). The monoisotopic (exact) mass is 529 g/mol. The van der Waals surface area contributed by atoms with Gasteiger partial charge in [-0.25, -0.2) is 8.42 Å². The lowest BCUT2D eigenvalue weighted by atomic mass is 10.0. The van der Waals surface area contributed by atoms with E-state index in [4.69, 9.17) is 0 Å². The Bertz CT molecular complexity index is 1160. The van der Waals surface area contributed by atoms with Crippen molar-refractivity contribution in [2.24, 2.45) is 0 Å². The molecule has 0 heterocycles. The Morgan fingerprint density at radius 3 is 2.00 bits per heavy atom. The third-order valence-corrected chi connectivity index (χ3v) is 7.20. The second-order valence-corrected chi connectivity index (χ2v) is 12.9. The van der Waals surface area contributed by atoms with Crippen LogP contribution in [0.5, 0.6) is 0 Å². The number of aryl methyl sites for hydroxylation is 3. The van der Waals surface area contributed by atoms with E-state index in [0.717, 1.165) is 22.3 Å². The van der Waals surface area contributed by atoms with Gasteiger partial charge in [-0.1, -0.05) is 42.8 Å². The fourth-order valence-electron chi connectivity index (χ4n) is 4.36. The number of carbonyl (C=O) groups excluding carboxylic acids is 2. The Hall–Kier alpha value is -2.87. The topological polar surface area (TPSA) is 86.8 Å². The van der Waals surface area contributed by atoms with Crippen LogP contribution in [-0.4, -0.2) is 49.5 Å². The average molecular weight is 530 g/mol. The Balaban J connectivity index is 2.26. The van der Waals surface area contributed by atoms with Gasteiger partial charge >= 0.3 is 0 Å². The number of amides is 2. The second-order valence-electron chi connectivity index (χ2n) is 11.0. The molecule has 8 heteroatoms. The third-order valence-electron chi connectivity index (χ3n) is 6.00. The highest BCUT2D eigenvalue weighted by atomic mass is 32.2. The van der Waals surface area contributed by atoms with Gasteiger partial charge in [0.1, 0.15) is 6.04 Å². The highest BCUT2D eigenvalue weighted by molar-refractivity contribution is 7.92. The van der Waals surface area contributed by atoms with Crippen LogP contribution < -0.4 is 9.62 Å². The number of rotatable bonds is 11. The molecule has 0 radical (unpaired) electrons. The van der Waals surface area contributed by atoms with Gasteiger partial charge in [-0.3, -0.25) is 13.9 Å². The second kappa shape index (κ2) is 12.6. The molecule has 2 amide bonds. The zero-order valence-electron chi connectivity index (χ0n) is 23.6. The molecule has 37 heavy (non-hydrogen) atoms. The molecule has 1 atom stereocenters. The molecule has 0 aromatic heterocycles. The van der Waals surface area contributed by atoms with E-state index in [1.165, 1.54) is 10.6 Å². The molecule has 0 aliphatic rings. The van der Waals surface area contributed by atoms with Gasteiger partial charge in [-0.05, 0) is 83.2 Å². The molecule has 0 fully saturated rings. The summed E-state index contributed by atoms with van der Waals surface area (Å²) < 4.78 is 26.5. The molecule has 204 valence electrons. The van der Waals surface area contributed by atoms with Gasteiger partial charge in [0, 0.05) is 25.0 Å². The van der Waals surface area contributed by atoms with Gasteiger partial charge in [0.25, 0.3) is 0 Å². The lowest BCUT2D eigenvalue weighted by Crippen LogP contribution is -2.53. The molecule has 0 saturated heterocycles. The SMILES string of the molecule is CC[C@@H](C(=O)NC(C)(C)C)N(Cc1ccc(C)cc1)C(=O)CCCN(c1cc(C)cc(C)c1)S(C)(=O)=O. The van der Waals surface area contributed by atoms with Crippen LogP contribution >= 0.6 is 0 Å². The third kappa shape index (κ3) is 9.50. The van der Waals surface area contributed by atoms with E-state index in [0.29, 0.717) is 25.1 Å². The molecule has 2 aromatic rings. The molecule has 1 N–H and O–H groups in total. The Morgan fingerprint density at radius 1 is 0.946 bits per heavy atom. The largest absolute Gasteiger partial charge is 0.350 e. The van der Waals surface area contributed by atoms with Crippen molar-refractivity contribution in [3.8, 4) is 0 Å². The highest BCUT2D eigenvalue weighted by Crippen LogP contribution is 2.23. The van der Waals surface area contributed by atoms with E-state index in [9.17, 15) is 18.0 Å². The van der Waals surface area contributed by atoms with Gasteiger partial charge in [0.15, 0.2) is 0 Å². The molecule has 7 nitrogen and oxygen atoms in total. The molecule has 0 spiro atoms. The zero-order chi connectivity index (χ0) is 28.0. The molecule has 0 aliphatic heterocycles. The summed E-state index contributed by atoms with van der Waals surface area (Å²) in [4.78, 5) is 28.3. The molecular formula is C29H43N3O4S. The maximum absolute atomic E-state index is 13.5. The van der Waals surface area contributed by atoms with E-state index in [1.807, 2.05) is 90.9 Å². The Labute approximate surface area is 223 Å². The lowest BCUT2D eigenvalue weighted by molar-refractivity contribution is -0.142. The molecule has 0 unspecified atom stereocenters. The van der Waals surface area contributed by atoms with E-state index in [1.54, 1.807) is 4.90 Å². The van der Waals surface area contributed by atoms with Crippen LogP contribution in [0.4, 0.5) is 5.69 Å². The minimum atomic E-state index is -3.53. The van der Waals surface area contributed by atoms with Crippen molar-refractivity contribution in [1.82, 2.24) is 10.2 Å². The van der Waals surface area contributed by atoms with Crippen LogP contribution in [0, 0.1) is 20.8 Å². The highest BCUT2D eigenvalue weighted by Gasteiger charge is 2.30. The summed E-state index contributed by atoms with van der Waals surface area (Å²) in [6, 6.07) is 12.9. The van der Waals surface area contributed by atoms with Crippen LogP contribution in [0.2, 0.25) is 0 Å². The van der Waals surface area contributed by atoms with Crippen LogP contribution in [0.1, 0.15) is 69.2 Å². The fraction of sp³-hybridized carbons (Fsp3) is 0.517. The number of benzene rings is 2. The quantitative estimate of drug-likeness (QED) is 0.449. The molecule has 2 aromatic carbocycles. The number of hydrogen-bond donors (Lipinski definition) is 1. The smallest absolute Gasteiger partial charge is 0.243 e. The molecule has 0 bridgehead atoms. The van der Waals surface area contributed by atoms with Gasteiger partial charge in [-0.2, -0.15) is 0 Å². The number of nitrogens with one attached hydrogen (secondary N) is 1. The van der Waals surface area contributed by atoms with Crippen molar-refractivity contribution >= 4 is 27.5 Å². The molecule has 0 saturated carbocycles. The summed E-state index contributed by atoms with van der Waals surface area (Å²) in [5, 5.41) is 3.01. The molecular weight excluding hydrogens is 486 g/mol. The van der Waals surface area contributed by atoms with Gasteiger partial charge in [0.05, 0.1) is 11.9 Å². The first-order valence-corrected chi connectivity index (χ1v) is 14.7. The number of hydrogen-bond acceptors (Lipinski definition) is 4. The summed E-state index contributed by atoms with van der Waals surface area (Å²) in [7, 11) is -3.53.